The minimum absolute atomic E-state index is 0.0220. The van der Waals surface area contributed by atoms with Crippen LogP contribution in [-0.4, -0.2) is 47.4 Å². The molecule has 2 fully saturated rings. The number of hydrogen-bond acceptors (Lipinski definition) is 5. The monoisotopic (exact) mass is 390 g/mol. The summed E-state index contributed by atoms with van der Waals surface area (Å²) < 4.78 is 11.0. The van der Waals surface area contributed by atoms with Crippen LogP contribution in [0.4, 0.5) is 10.5 Å². The Hall–Kier alpha value is -2.12. The second-order valence-electron chi connectivity index (χ2n) is 7.48. The third-order valence-corrected chi connectivity index (χ3v) is 5.94. The fraction of sp³-hybridized carbons (Fsp3) is 0.526. The number of nitrogens with zero attached hydrogens (tertiary/aromatic N) is 3. The van der Waals surface area contributed by atoms with E-state index in [1.165, 1.54) is 0 Å². The number of likely N-dealkylation sites (tertiary alicyclic amines) is 1. The Morgan fingerprint density at radius 3 is 2.81 bits per heavy atom. The first-order valence-corrected chi connectivity index (χ1v) is 9.55. The van der Waals surface area contributed by atoms with Gasteiger partial charge in [-0.1, -0.05) is 22.8 Å². The van der Waals surface area contributed by atoms with E-state index >= 15 is 0 Å². The predicted molar refractivity (Wildman–Crippen MR) is 101 cm³/mol. The average molecular weight is 391 g/mol. The number of halogens is 1. The van der Waals surface area contributed by atoms with Crippen LogP contribution < -0.4 is 5.32 Å². The van der Waals surface area contributed by atoms with E-state index in [0.717, 1.165) is 24.1 Å². The van der Waals surface area contributed by atoms with Gasteiger partial charge >= 0.3 is 6.03 Å². The van der Waals surface area contributed by atoms with E-state index in [0.29, 0.717) is 43.0 Å². The van der Waals surface area contributed by atoms with Crippen LogP contribution in [0.5, 0.6) is 0 Å². The summed E-state index contributed by atoms with van der Waals surface area (Å²) in [6.07, 6.45) is 1.75. The van der Waals surface area contributed by atoms with Gasteiger partial charge in [0.2, 0.25) is 5.89 Å². The Balaban J connectivity index is 1.57. The van der Waals surface area contributed by atoms with Crippen LogP contribution in [0.25, 0.3) is 0 Å². The molecule has 2 saturated heterocycles. The van der Waals surface area contributed by atoms with Crippen molar-refractivity contribution in [1.82, 2.24) is 15.0 Å². The van der Waals surface area contributed by atoms with Crippen molar-refractivity contribution in [3.63, 3.8) is 0 Å². The molecule has 0 saturated carbocycles. The van der Waals surface area contributed by atoms with E-state index in [-0.39, 0.29) is 17.4 Å². The lowest BCUT2D eigenvalue weighted by atomic mass is 9.72. The van der Waals surface area contributed by atoms with Gasteiger partial charge in [-0.25, -0.2) is 4.79 Å². The number of hydrogen-bond donors (Lipinski definition) is 1. The van der Waals surface area contributed by atoms with Crippen molar-refractivity contribution in [2.75, 3.05) is 31.6 Å². The molecule has 7 nitrogen and oxygen atoms in total. The Morgan fingerprint density at radius 2 is 2.11 bits per heavy atom. The summed E-state index contributed by atoms with van der Waals surface area (Å²) >= 11 is 6.08. The topological polar surface area (TPSA) is 80.5 Å². The normalized spacial score (nSPS) is 21.6. The maximum absolute atomic E-state index is 13.0. The third kappa shape index (κ3) is 3.53. The number of nitrogens with one attached hydrogen (secondary N) is 1. The van der Waals surface area contributed by atoms with Gasteiger partial charge < -0.3 is 19.5 Å². The molecule has 1 spiro atoms. The molecule has 1 N–H and O–H groups in total. The number of carbonyl (C=O) groups is 1. The molecule has 8 heteroatoms. The zero-order valence-corrected chi connectivity index (χ0v) is 16.3. The average Bonchev–Trinajstić information content (AvgIpc) is 3.23. The molecule has 2 aromatic rings. The Kier molecular flexibility index (Phi) is 4.82. The number of amides is 2. The molecule has 2 aliphatic heterocycles. The lowest BCUT2D eigenvalue weighted by molar-refractivity contribution is 0.00959. The number of urea groups is 1. The minimum atomic E-state index is -0.134. The molecular formula is C19H23ClN4O3. The molecule has 144 valence electrons. The predicted octanol–water partition coefficient (Wildman–Crippen LogP) is 3.77. The van der Waals surface area contributed by atoms with Crippen molar-refractivity contribution in [1.29, 1.82) is 0 Å². The van der Waals surface area contributed by atoms with Gasteiger partial charge in [0.15, 0.2) is 5.82 Å². The van der Waals surface area contributed by atoms with Crippen molar-refractivity contribution in [2.45, 2.75) is 32.6 Å². The van der Waals surface area contributed by atoms with Crippen molar-refractivity contribution >= 4 is 23.3 Å². The number of anilines is 1. The molecule has 1 atom stereocenters. The van der Waals surface area contributed by atoms with Crippen LogP contribution in [0.1, 0.15) is 36.0 Å². The summed E-state index contributed by atoms with van der Waals surface area (Å²) in [4.78, 5) is 19.3. The lowest BCUT2D eigenvalue weighted by Gasteiger charge is -2.36. The standard InChI is InChI=1S/C19H23ClN4O3/c1-12-3-4-14(20)9-16(12)22-18(25)24-10-15(17-21-13(2)23-27-17)19(11-24)5-7-26-8-6-19/h3-4,9,15H,5-8,10-11H2,1-2H3,(H,22,25)/t15-/m0/s1. The smallest absolute Gasteiger partial charge is 0.321 e. The number of ether oxygens (including phenoxy) is 1. The van der Waals surface area contributed by atoms with E-state index in [1.807, 2.05) is 30.9 Å². The van der Waals surface area contributed by atoms with Gasteiger partial charge in [-0.05, 0) is 44.4 Å². The van der Waals surface area contributed by atoms with Crippen LogP contribution in [0.15, 0.2) is 22.7 Å². The summed E-state index contributed by atoms with van der Waals surface area (Å²) in [6.45, 7) is 6.32. The summed E-state index contributed by atoms with van der Waals surface area (Å²) in [5.41, 5.74) is 1.61. The van der Waals surface area contributed by atoms with Crippen LogP contribution in [0, 0.1) is 19.3 Å². The second-order valence-corrected chi connectivity index (χ2v) is 7.91. The summed E-state index contributed by atoms with van der Waals surface area (Å²) in [7, 11) is 0. The Bertz CT molecular complexity index is 847. The summed E-state index contributed by atoms with van der Waals surface area (Å²) in [6, 6.07) is 5.35. The first kappa shape index (κ1) is 18.3. The largest absolute Gasteiger partial charge is 0.381 e. The van der Waals surface area contributed by atoms with Gasteiger partial charge in [0, 0.05) is 42.4 Å². The van der Waals surface area contributed by atoms with E-state index in [2.05, 4.69) is 15.5 Å². The molecule has 0 aliphatic carbocycles. The minimum Gasteiger partial charge on any atom is -0.381 e. The zero-order valence-electron chi connectivity index (χ0n) is 15.5. The van der Waals surface area contributed by atoms with E-state index in [9.17, 15) is 4.79 Å². The molecule has 1 aromatic carbocycles. The van der Waals surface area contributed by atoms with Gasteiger partial charge in [-0.3, -0.25) is 0 Å². The molecule has 2 amide bonds. The Morgan fingerprint density at radius 1 is 1.33 bits per heavy atom. The number of benzene rings is 1. The zero-order chi connectivity index (χ0) is 19.0. The van der Waals surface area contributed by atoms with Gasteiger partial charge in [0.05, 0.1) is 5.92 Å². The molecule has 4 rings (SSSR count). The SMILES string of the molecule is Cc1noc([C@@H]2CN(C(=O)Nc3cc(Cl)ccc3C)CC23CCOCC3)n1. The summed E-state index contributed by atoms with van der Waals surface area (Å²) in [5.74, 6) is 1.25. The molecule has 0 radical (unpaired) electrons. The highest BCUT2D eigenvalue weighted by molar-refractivity contribution is 6.31. The molecule has 0 bridgehead atoms. The quantitative estimate of drug-likeness (QED) is 0.844. The van der Waals surface area contributed by atoms with Crippen molar-refractivity contribution in [3.8, 4) is 0 Å². The number of aryl methyl sites for hydroxylation is 2. The summed E-state index contributed by atoms with van der Waals surface area (Å²) in [5, 5.41) is 7.54. The highest BCUT2D eigenvalue weighted by Crippen LogP contribution is 2.49. The maximum atomic E-state index is 13.0. The van der Waals surface area contributed by atoms with E-state index < -0.39 is 0 Å². The fourth-order valence-corrected chi connectivity index (χ4v) is 4.30. The fourth-order valence-electron chi connectivity index (χ4n) is 4.13. The molecule has 0 unspecified atom stereocenters. The van der Waals surface area contributed by atoms with Crippen molar-refractivity contribution < 1.29 is 14.1 Å². The number of carbonyl (C=O) groups excluding carboxylic acids is 1. The molecule has 3 heterocycles. The van der Waals surface area contributed by atoms with Gasteiger partial charge in [0.25, 0.3) is 0 Å². The molecule has 27 heavy (non-hydrogen) atoms. The second kappa shape index (κ2) is 7.13. The van der Waals surface area contributed by atoms with Crippen LogP contribution in [0.3, 0.4) is 0 Å². The highest BCUT2D eigenvalue weighted by atomic mass is 35.5. The van der Waals surface area contributed by atoms with E-state index in [4.69, 9.17) is 20.9 Å². The molecule has 2 aliphatic rings. The van der Waals surface area contributed by atoms with Crippen LogP contribution >= 0.6 is 11.6 Å². The third-order valence-electron chi connectivity index (χ3n) is 5.71. The molecular weight excluding hydrogens is 368 g/mol. The van der Waals surface area contributed by atoms with Crippen molar-refractivity contribution in [2.24, 2.45) is 5.41 Å². The van der Waals surface area contributed by atoms with Crippen molar-refractivity contribution in [3.05, 3.63) is 40.5 Å². The highest BCUT2D eigenvalue weighted by Gasteiger charge is 2.51. The van der Waals surface area contributed by atoms with E-state index in [1.54, 1.807) is 6.07 Å². The Labute approximate surface area is 163 Å². The number of rotatable bonds is 2. The van der Waals surface area contributed by atoms with Gasteiger partial charge in [-0.2, -0.15) is 4.98 Å². The number of aromatic nitrogens is 2. The lowest BCUT2D eigenvalue weighted by Crippen LogP contribution is -2.38. The van der Waals surface area contributed by atoms with Crippen LogP contribution in [0.2, 0.25) is 5.02 Å². The first-order valence-electron chi connectivity index (χ1n) is 9.17. The van der Waals surface area contributed by atoms with Crippen LogP contribution in [-0.2, 0) is 4.74 Å². The van der Waals surface area contributed by atoms with Gasteiger partial charge in [-0.15, -0.1) is 0 Å². The maximum Gasteiger partial charge on any atom is 0.321 e. The first-order chi connectivity index (χ1) is 13.0. The molecule has 1 aromatic heterocycles. The van der Waals surface area contributed by atoms with Gasteiger partial charge in [0.1, 0.15) is 0 Å².